The number of hydrogen-bond acceptors (Lipinski definition) is 2. The molecule has 1 saturated heterocycles. The summed E-state index contributed by atoms with van der Waals surface area (Å²) in [7, 11) is 0. The van der Waals surface area contributed by atoms with Crippen molar-refractivity contribution >= 4 is 17.7 Å². The van der Waals surface area contributed by atoms with Crippen molar-refractivity contribution in [1.29, 1.82) is 0 Å². The first-order valence-corrected chi connectivity index (χ1v) is 5.78. The van der Waals surface area contributed by atoms with Gasteiger partial charge in [0.2, 0.25) is 5.91 Å². The monoisotopic (exact) mass is 185 g/mol. The second-order valence-electron chi connectivity index (χ2n) is 3.87. The molecule has 1 aliphatic heterocycles. The van der Waals surface area contributed by atoms with Crippen LogP contribution in [0.25, 0.3) is 0 Å². The smallest absolute Gasteiger partial charge is 0.223 e. The lowest BCUT2D eigenvalue weighted by atomic mass is 10.2. The molecule has 1 heterocycles. The minimum Gasteiger partial charge on any atom is -0.333 e. The predicted molar refractivity (Wildman–Crippen MR) is 50.9 cm³/mol. The standard InChI is InChI=1S/C9H15NOS/c1-7-4-8(7)5-9(11)10-2-3-12-6-10/h7-8H,2-6H2,1H3. The van der Waals surface area contributed by atoms with E-state index in [9.17, 15) is 4.79 Å². The van der Waals surface area contributed by atoms with Gasteiger partial charge < -0.3 is 4.90 Å². The van der Waals surface area contributed by atoms with Crippen LogP contribution >= 0.6 is 11.8 Å². The van der Waals surface area contributed by atoms with Gasteiger partial charge in [0.15, 0.2) is 0 Å². The zero-order valence-corrected chi connectivity index (χ0v) is 8.27. The van der Waals surface area contributed by atoms with Gasteiger partial charge in [0, 0.05) is 18.7 Å². The van der Waals surface area contributed by atoms with Crippen LogP contribution in [0.2, 0.25) is 0 Å². The number of carbonyl (C=O) groups excluding carboxylic acids is 1. The number of amides is 1. The van der Waals surface area contributed by atoms with E-state index in [0.29, 0.717) is 11.8 Å². The molecule has 2 atom stereocenters. The van der Waals surface area contributed by atoms with E-state index in [4.69, 9.17) is 0 Å². The fourth-order valence-electron chi connectivity index (χ4n) is 1.65. The van der Waals surface area contributed by atoms with E-state index in [1.165, 1.54) is 6.42 Å². The molecule has 12 heavy (non-hydrogen) atoms. The van der Waals surface area contributed by atoms with Crippen molar-refractivity contribution in [2.24, 2.45) is 11.8 Å². The van der Waals surface area contributed by atoms with Crippen molar-refractivity contribution in [1.82, 2.24) is 4.90 Å². The molecule has 2 unspecified atom stereocenters. The van der Waals surface area contributed by atoms with Crippen molar-refractivity contribution < 1.29 is 4.79 Å². The number of thioether (sulfide) groups is 1. The van der Waals surface area contributed by atoms with E-state index in [2.05, 4.69) is 6.92 Å². The third kappa shape index (κ3) is 1.76. The average molecular weight is 185 g/mol. The van der Waals surface area contributed by atoms with Crippen LogP contribution < -0.4 is 0 Å². The molecule has 2 fully saturated rings. The molecule has 68 valence electrons. The van der Waals surface area contributed by atoms with Crippen molar-refractivity contribution in [3.8, 4) is 0 Å². The quantitative estimate of drug-likeness (QED) is 0.651. The second kappa shape index (κ2) is 3.29. The van der Waals surface area contributed by atoms with Crippen LogP contribution in [0.5, 0.6) is 0 Å². The van der Waals surface area contributed by atoms with Crippen LogP contribution in [0.4, 0.5) is 0 Å². The van der Waals surface area contributed by atoms with E-state index >= 15 is 0 Å². The molecule has 2 rings (SSSR count). The molecular formula is C9H15NOS. The summed E-state index contributed by atoms with van der Waals surface area (Å²) in [5, 5.41) is 0. The summed E-state index contributed by atoms with van der Waals surface area (Å²) >= 11 is 1.86. The lowest BCUT2D eigenvalue weighted by Crippen LogP contribution is -2.27. The fourth-order valence-corrected chi connectivity index (χ4v) is 2.62. The largest absolute Gasteiger partial charge is 0.333 e. The molecule has 1 saturated carbocycles. The lowest BCUT2D eigenvalue weighted by Gasteiger charge is -2.13. The summed E-state index contributed by atoms with van der Waals surface area (Å²) in [5.41, 5.74) is 0. The molecule has 2 nitrogen and oxygen atoms in total. The maximum atomic E-state index is 11.6. The fraction of sp³-hybridized carbons (Fsp3) is 0.889. The molecule has 0 N–H and O–H groups in total. The van der Waals surface area contributed by atoms with E-state index < -0.39 is 0 Å². The van der Waals surface area contributed by atoms with Gasteiger partial charge in [-0.05, 0) is 18.3 Å². The van der Waals surface area contributed by atoms with Crippen LogP contribution in [0.1, 0.15) is 19.8 Å². The molecule has 0 spiro atoms. The van der Waals surface area contributed by atoms with E-state index in [0.717, 1.165) is 30.5 Å². The van der Waals surface area contributed by atoms with Gasteiger partial charge in [0.05, 0.1) is 5.88 Å². The van der Waals surface area contributed by atoms with Crippen LogP contribution in [-0.4, -0.2) is 29.0 Å². The van der Waals surface area contributed by atoms with Gasteiger partial charge in [-0.15, -0.1) is 11.8 Å². The van der Waals surface area contributed by atoms with Crippen molar-refractivity contribution in [2.45, 2.75) is 19.8 Å². The zero-order valence-electron chi connectivity index (χ0n) is 7.45. The Morgan fingerprint density at radius 3 is 2.92 bits per heavy atom. The molecule has 1 aliphatic carbocycles. The van der Waals surface area contributed by atoms with Gasteiger partial charge in [-0.25, -0.2) is 0 Å². The maximum absolute atomic E-state index is 11.6. The summed E-state index contributed by atoms with van der Waals surface area (Å²) in [5.74, 6) is 3.97. The third-order valence-electron chi connectivity index (χ3n) is 2.82. The first-order valence-electron chi connectivity index (χ1n) is 4.63. The second-order valence-corrected chi connectivity index (χ2v) is 4.95. The Labute approximate surface area is 77.7 Å². The number of carbonyl (C=O) groups is 1. The highest BCUT2D eigenvalue weighted by molar-refractivity contribution is 7.99. The summed E-state index contributed by atoms with van der Waals surface area (Å²) in [6.07, 6.45) is 2.08. The third-order valence-corrected chi connectivity index (χ3v) is 3.78. The van der Waals surface area contributed by atoms with Crippen LogP contribution in [-0.2, 0) is 4.79 Å². The molecule has 0 aromatic carbocycles. The van der Waals surface area contributed by atoms with Gasteiger partial charge in [-0.2, -0.15) is 0 Å². The van der Waals surface area contributed by atoms with Crippen LogP contribution in [0.15, 0.2) is 0 Å². The molecule has 0 aromatic rings. The Bertz CT molecular complexity index is 189. The highest BCUT2D eigenvalue weighted by atomic mass is 32.2. The normalized spacial score (nSPS) is 33.9. The van der Waals surface area contributed by atoms with Crippen molar-refractivity contribution in [3.05, 3.63) is 0 Å². The molecule has 2 aliphatic rings. The Balaban J connectivity index is 1.76. The topological polar surface area (TPSA) is 20.3 Å². The average Bonchev–Trinajstić information content (AvgIpc) is 2.58. The van der Waals surface area contributed by atoms with Gasteiger partial charge in [0.1, 0.15) is 0 Å². The molecule has 0 aromatic heterocycles. The van der Waals surface area contributed by atoms with Gasteiger partial charge in [-0.3, -0.25) is 4.79 Å². The highest BCUT2D eigenvalue weighted by Crippen LogP contribution is 2.41. The summed E-state index contributed by atoms with van der Waals surface area (Å²) in [6.45, 7) is 3.21. The maximum Gasteiger partial charge on any atom is 0.223 e. The molecule has 3 heteroatoms. The van der Waals surface area contributed by atoms with E-state index in [-0.39, 0.29) is 0 Å². The SMILES string of the molecule is CC1CC1CC(=O)N1CCSC1. The van der Waals surface area contributed by atoms with Crippen molar-refractivity contribution in [3.63, 3.8) is 0 Å². The summed E-state index contributed by atoms with van der Waals surface area (Å²) in [6, 6.07) is 0. The van der Waals surface area contributed by atoms with E-state index in [1.54, 1.807) is 0 Å². The number of rotatable bonds is 2. The molecule has 1 amide bonds. The highest BCUT2D eigenvalue weighted by Gasteiger charge is 2.35. The first kappa shape index (κ1) is 8.42. The lowest BCUT2D eigenvalue weighted by molar-refractivity contribution is -0.130. The Morgan fingerprint density at radius 2 is 2.42 bits per heavy atom. The zero-order chi connectivity index (χ0) is 8.55. The minimum atomic E-state index is 0.384. The summed E-state index contributed by atoms with van der Waals surface area (Å²) < 4.78 is 0. The molecule has 0 bridgehead atoms. The van der Waals surface area contributed by atoms with Gasteiger partial charge in [-0.1, -0.05) is 6.92 Å². The number of hydrogen-bond donors (Lipinski definition) is 0. The van der Waals surface area contributed by atoms with Gasteiger partial charge in [0.25, 0.3) is 0 Å². The predicted octanol–water partition coefficient (Wildman–Crippen LogP) is 1.57. The Hall–Kier alpha value is -0.180. The van der Waals surface area contributed by atoms with Gasteiger partial charge >= 0.3 is 0 Å². The van der Waals surface area contributed by atoms with Crippen LogP contribution in [0.3, 0.4) is 0 Å². The molecular weight excluding hydrogens is 170 g/mol. The van der Waals surface area contributed by atoms with Crippen LogP contribution in [0, 0.1) is 11.8 Å². The number of nitrogens with zero attached hydrogens (tertiary/aromatic N) is 1. The Morgan fingerprint density at radius 1 is 1.67 bits per heavy atom. The van der Waals surface area contributed by atoms with Crippen molar-refractivity contribution in [2.75, 3.05) is 18.2 Å². The Kier molecular flexibility index (Phi) is 2.31. The first-order chi connectivity index (χ1) is 5.77. The molecule has 0 radical (unpaired) electrons. The minimum absolute atomic E-state index is 0.384. The summed E-state index contributed by atoms with van der Waals surface area (Å²) in [4.78, 5) is 13.5. The van der Waals surface area contributed by atoms with E-state index in [1.807, 2.05) is 16.7 Å².